The molecule has 1 rings (SSSR count). The maximum absolute atomic E-state index is 11.1. The number of ether oxygens (including phenoxy) is 1. The SMILES string of the molecule is CCCCCCCCCC[NH3+].COc1cc(/C=C/C(=O)O)ccc1[O-]. The Bertz CT molecular complexity index is 492. The van der Waals surface area contributed by atoms with E-state index in [4.69, 9.17) is 9.84 Å². The van der Waals surface area contributed by atoms with Crippen LogP contribution in [0.2, 0.25) is 0 Å². The first-order valence-electron chi connectivity index (χ1n) is 9.10. The van der Waals surface area contributed by atoms with Gasteiger partial charge in [0.1, 0.15) is 5.75 Å². The first-order chi connectivity index (χ1) is 12.0. The third kappa shape index (κ3) is 13.0. The van der Waals surface area contributed by atoms with Gasteiger partial charge >= 0.3 is 5.97 Å². The monoisotopic (exact) mass is 351 g/mol. The van der Waals surface area contributed by atoms with Gasteiger partial charge in [0.25, 0.3) is 0 Å². The molecule has 0 aliphatic carbocycles. The Morgan fingerprint density at radius 1 is 1.16 bits per heavy atom. The molecule has 0 aliphatic heterocycles. The van der Waals surface area contributed by atoms with Crippen LogP contribution in [0, 0.1) is 0 Å². The van der Waals surface area contributed by atoms with E-state index >= 15 is 0 Å². The standard InChI is InChI=1S/C10H23N.C10H10O4/c1-2-3-4-5-6-7-8-9-10-11;1-14-9-6-7(2-4-8(9)11)3-5-10(12)13/h2-11H2,1H3;2-6,11H,1H3,(H,12,13)/b;5-3+. The average molecular weight is 351 g/mol. The molecule has 4 N–H and O–H groups in total. The highest BCUT2D eigenvalue weighted by atomic mass is 16.5. The second kappa shape index (κ2) is 15.5. The van der Waals surface area contributed by atoms with Crippen molar-refractivity contribution >= 4 is 12.0 Å². The van der Waals surface area contributed by atoms with Crippen molar-refractivity contribution in [1.29, 1.82) is 0 Å². The van der Waals surface area contributed by atoms with Crippen molar-refractivity contribution in [3.8, 4) is 11.5 Å². The van der Waals surface area contributed by atoms with Gasteiger partial charge in [-0.05, 0) is 30.5 Å². The summed E-state index contributed by atoms with van der Waals surface area (Å²) >= 11 is 0. The highest BCUT2D eigenvalue weighted by Crippen LogP contribution is 2.24. The summed E-state index contributed by atoms with van der Waals surface area (Å²) in [6, 6.07) is 4.35. The van der Waals surface area contributed by atoms with Gasteiger partial charge in [-0.2, -0.15) is 0 Å². The van der Waals surface area contributed by atoms with Gasteiger partial charge in [-0.3, -0.25) is 0 Å². The van der Waals surface area contributed by atoms with Crippen LogP contribution in [0.15, 0.2) is 24.3 Å². The number of hydrogen-bond acceptors (Lipinski definition) is 3. The number of hydrogen-bond donors (Lipinski definition) is 2. The average Bonchev–Trinajstić information content (AvgIpc) is 2.61. The fourth-order valence-electron chi connectivity index (χ4n) is 2.27. The van der Waals surface area contributed by atoms with Gasteiger partial charge in [-0.25, -0.2) is 4.79 Å². The molecule has 0 spiro atoms. The van der Waals surface area contributed by atoms with Crippen LogP contribution in [0.5, 0.6) is 11.5 Å². The lowest BCUT2D eigenvalue weighted by atomic mass is 10.1. The molecule has 142 valence electrons. The van der Waals surface area contributed by atoms with Crippen LogP contribution in [0.1, 0.15) is 63.9 Å². The molecule has 0 radical (unpaired) electrons. The number of benzene rings is 1. The Morgan fingerprint density at radius 2 is 1.76 bits per heavy atom. The van der Waals surface area contributed by atoms with Crippen LogP contribution < -0.4 is 15.6 Å². The van der Waals surface area contributed by atoms with Gasteiger partial charge in [-0.1, -0.05) is 63.3 Å². The maximum Gasteiger partial charge on any atom is 0.328 e. The van der Waals surface area contributed by atoms with Crippen LogP contribution in [0.3, 0.4) is 0 Å². The molecule has 0 saturated heterocycles. The maximum atomic E-state index is 11.1. The second-order valence-electron chi connectivity index (χ2n) is 5.91. The summed E-state index contributed by atoms with van der Waals surface area (Å²) in [4.78, 5) is 10.2. The van der Waals surface area contributed by atoms with Crippen molar-refractivity contribution in [3.63, 3.8) is 0 Å². The van der Waals surface area contributed by atoms with E-state index in [-0.39, 0.29) is 11.5 Å². The molecule has 0 heterocycles. The number of carbonyl (C=O) groups is 1. The molecule has 25 heavy (non-hydrogen) atoms. The number of unbranched alkanes of at least 4 members (excludes halogenated alkanes) is 7. The van der Waals surface area contributed by atoms with Gasteiger partial charge in [0.15, 0.2) is 0 Å². The van der Waals surface area contributed by atoms with Crippen molar-refractivity contribution in [3.05, 3.63) is 29.8 Å². The van der Waals surface area contributed by atoms with Gasteiger partial charge in [0.2, 0.25) is 0 Å². The Morgan fingerprint density at radius 3 is 2.28 bits per heavy atom. The highest BCUT2D eigenvalue weighted by molar-refractivity contribution is 5.85. The quantitative estimate of drug-likeness (QED) is 0.472. The molecule has 0 saturated carbocycles. The number of carboxylic acid groups (broad SMARTS) is 1. The Hall–Kier alpha value is -2.01. The summed E-state index contributed by atoms with van der Waals surface area (Å²) in [5, 5.41) is 19.5. The number of rotatable bonds is 11. The van der Waals surface area contributed by atoms with Crippen LogP contribution in [-0.4, -0.2) is 24.7 Å². The summed E-state index contributed by atoms with van der Waals surface area (Å²) in [6.07, 6.45) is 13.7. The van der Waals surface area contributed by atoms with E-state index in [9.17, 15) is 9.90 Å². The van der Waals surface area contributed by atoms with E-state index < -0.39 is 5.97 Å². The molecule has 1 aromatic carbocycles. The fourth-order valence-corrected chi connectivity index (χ4v) is 2.27. The molecule has 0 aliphatic rings. The fraction of sp³-hybridized carbons (Fsp3) is 0.550. The molecular weight excluding hydrogens is 318 g/mol. The molecule has 0 amide bonds. The van der Waals surface area contributed by atoms with E-state index in [1.165, 1.54) is 82.8 Å². The Kier molecular flexibility index (Phi) is 14.3. The lowest BCUT2D eigenvalue weighted by Crippen LogP contribution is -2.50. The third-order valence-electron chi connectivity index (χ3n) is 3.71. The van der Waals surface area contributed by atoms with Crippen molar-refractivity contribution in [2.45, 2.75) is 58.3 Å². The molecule has 1 aromatic rings. The predicted octanol–water partition coefficient (Wildman–Crippen LogP) is 3.24. The van der Waals surface area contributed by atoms with Crippen molar-refractivity contribution in [2.75, 3.05) is 13.7 Å². The zero-order valence-electron chi connectivity index (χ0n) is 15.6. The molecule has 0 bridgehead atoms. The second-order valence-corrected chi connectivity index (χ2v) is 5.91. The molecule has 5 nitrogen and oxygen atoms in total. The van der Waals surface area contributed by atoms with Gasteiger partial charge < -0.3 is 20.7 Å². The molecule has 0 fully saturated rings. The molecule has 5 heteroatoms. The van der Waals surface area contributed by atoms with Gasteiger partial charge in [-0.15, -0.1) is 0 Å². The topological polar surface area (TPSA) is 97.2 Å². The van der Waals surface area contributed by atoms with Crippen molar-refractivity contribution in [2.24, 2.45) is 0 Å². The van der Waals surface area contributed by atoms with E-state index in [2.05, 4.69) is 12.7 Å². The highest BCUT2D eigenvalue weighted by Gasteiger charge is 1.95. The van der Waals surface area contributed by atoms with Crippen LogP contribution in [-0.2, 0) is 4.79 Å². The normalized spacial score (nSPS) is 10.4. The van der Waals surface area contributed by atoms with Crippen molar-refractivity contribution in [1.82, 2.24) is 0 Å². The number of aliphatic carboxylic acids is 1. The lowest BCUT2D eigenvalue weighted by molar-refractivity contribution is -0.368. The Balaban J connectivity index is 0.000000477. The van der Waals surface area contributed by atoms with E-state index in [1.54, 1.807) is 0 Å². The van der Waals surface area contributed by atoms with Gasteiger partial charge in [0.05, 0.1) is 13.7 Å². The molecular formula is C20H33NO4. The summed E-state index contributed by atoms with van der Waals surface area (Å²) in [5.41, 5.74) is 4.45. The summed E-state index contributed by atoms with van der Waals surface area (Å²) in [5.74, 6) is -1.05. The van der Waals surface area contributed by atoms with Gasteiger partial charge in [0, 0.05) is 6.08 Å². The van der Waals surface area contributed by atoms with Crippen LogP contribution >= 0.6 is 0 Å². The number of carboxylic acids is 1. The van der Waals surface area contributed by atoms with Crippen LogP contribution in [0.25, 0.3) is 6.08 Å². The zero-order chi connectivity index (χ0) is 18.9. The van der Waals surface area contributed by atoms with Crippen molar-refractivity contribution < 1.29 is 25.5 Å². The number of quaternary nitrogens is 1. The van der Waals surface area contributed by atoms with Crippen LogP contribution in [0.4, 0.5) is 0 Å². The minimum absolute atomic E-state index is 0.206. The third-order valence-corrected chi connectivity index (χ3v) is 3.71. The summed E-state index contributed by atoms with van der Waals surface area (Å²) < 4.78 is 4.80. The first kappa shape index (κ1) is 23.0. The molecule has 0 unspecified atom stereocenters. The van der Waals surface area contributed by atoms with E-state index in [0.717, 1.165) is 12.6 Å². The first-order valence-corrected chi connectivity index (χ1v) is 9.10. The largest absolute Gasteiger partial charge is 0.870 e. The minimum atomic E-state index is -1.03. The Labute approximate surface area is 151 Å². The molecule has 0 aromatic heterocycles. The smallest absolute Gasteiger partial charge is 0.328 e. The number of methoxy groups -OCH3 is 1. The lowest BCUT2D eigenvalue weighted by Gasteiger charge is -2.11. The minimum Gasteiger partial charge on any atom is -0.870 e. The van der Waals surface area contributed by atoms with E-state index in [1.807, 2.05) is 0 Å². The predicted molar refractivity (Wildman–Crippen MR) is 99.5 cm³/mol. The summed E-state index contributed by atoms with van der Waals surface area (Å²) in [6.45, 7) is 3.39. The zero-order valence-corrected chi connectivity index (χ0v) is 15.6. The van der Waals surface area contributed by atoms with E-state index in [0.29, 0.717) is 5.56 Å². The summed E-state index contributed by atoms with van der Waals surface area (Å²) in [7, 11) is 1.39. The molecule has 0 atom stereocenters.